The van der Waals surface area contributed by atoms with Crippen LogP contribution in [0.15, 0.2) is 30.3 Å². The van der Waals surface area contributed by atoms with Crippen LogP contribution in [0.4, 0.5) is 5.69 Å². The Morgan fingerprint density at radius 3 is 2.74 bits per heavy atom. The van der Waals surface area contributed by atoms with Crippen LogP contribution in [0.25, 0.3) is 10.9 Å². The highest BCUT2D eigenvalue weighted by Crippen LogP contribution is 2.32. The monoisotopic (exact) mass is 366 g/mol. The lowest BCUT2D eigenvalue weighted by Gasteiger charge is -2.35. The topological polar surface area (TPSA) is 62.5 Å². The maximum atomic E-state index is 12.7. The fourth-order valence-corrected chi connectivity index (χ4v) is 4.60. The van der Waals surface area contributed by atoms with Gasteiger partial charge >= 0.3 is 0 Å². The molecule has 1 aromatic carbocycles. The van der Waals surface area contributed by atoms with Gasteiger partial charge < -0.3 is 10.6 Å². The van der Waals surface area contributed by atoms with Crippen LogP contribution in [0, 0.1) is 5.92 Å². The van der Waals surface area contributed by atoms with Gasteiger partial charge in [0.2, 0.25) is 5.91 Å². The van der Waals surface area contributed by atoms with Crippen molar-refractivity contribution in [2.45, 2.75) is 38.5 Å². The number of carbonyl (C=O) groups excluding carboxylic acids is 1. The molecule has 2 aliphatic heterocycles. The Bertz CT molecular complexity index is 813. The summed E-state index contributed by atoms with van der Waals surface area (Å²) >= 11 is 0. The molecular weight excluding hydrogens is 336 g/mol. The maximum absolute atomic E-state index is 12.7. The lowest BCUT2D eigenvalue weighted by Crippen LogP contribution is -2.46. The first-order chi connectivity index (χ1) is 13.1. The first kappa shape index (κ1) is 18.2. The number of nitrogen functional groups attached to an aromatic ring is 1. The molecular formula is C22H30N4O. The number of para-hydroxylation sites is 1. The molecule has 2 saturated heterocycles. The molecule has 144 valence electrons. The van der Waals surface area contributed by atoms with Crippen LogP contribution in [0.3, 0.4) is 0 Å². The fraction of sp³-hybridized carbons (Fsp3) is 0.545. The highest BCUT2D eigenvalue weighted by molar-refractivity contribution is 5.82. The first-order valence-electron chi connectivity index (χ1n) is 10.3. The number of piperidine rings is 2. The van der Waals surface area contributed by atoms with Crippen LogP contribution in [0.1, 0.15) is 44.2 Å². The summed E-state index contributed by atoms with van der Waals surface area (Å²) in [6, 6.07) is 10.1. The van der Waals surface area contributed by atoms with Crippen LogP contribution in [-0.2, 0) is 4.79 Å². The summed E-state index contributed by atoms with van der Waals surface area (Å²) in [6.07, 6.45) is 4.38. The maximum Gasteiger partial charge on any atom is 0.236 e. The third kappa shape index (κ3) is 4.08. The number of nitrogens with zero attached hydrogens (tertiary/aromatic N) is 3. The van der Waals surface area contributed by atoms with Crippen molar-refractivity contribution in [2.24, 2.45) is 5.92 Å². The Labute approximate surface area is 161 Å². The van der Waals surface area contributed by atoms with E-state index in [1.165, 1.54) is 12.8 Å². The van der Waals surface area contributed by atoms with E-state index in [1.807, 2.05) is 35.2 Å². The van der Waals surface area contributed by atoms with Crippen LogP contribution in [0.2, 0.25) is 0 Å². The summed E-state index contributed by atoms with van der Waals surface area (Å²) in [5, 5.41) is 1.09. The zero-order valence-corrected chi connectivity index (χ0v) is 16.2. The van der Waals surface area contributed by atoms with E-state index in [1.54, 1.807) is 0 Å². The van der Waals surface area contributed by atoms with Crippen molar-refractivity contribution in [3.05, 3.63) is 36.0 Å². The molecule has 2 aliphatic rings. The van der Waals surface area contributed by atoms with E-state index in [2.05, 4.69) is 11.8 Å². The van der Waals surface area contributed by atoms with Gasteiger partial charge in [0.1, 0.15) is 0 Å². The lowest BCUT2D eigenvalue weighted by molar-refractivity contribution is -0.133. The minimum atomic E-state index is 0.280. The smallest absolute Gasteiger partial charge is 0.236 e. The molecule has 5 heteroatoms. The van der Waals surface area contributed by atoms with E-state index < -0.39 is 0 Å². The fourth-order valence-electron chi connectivity index (χ4n) is 4.60. The minimum Gasteiger partial charge on any atom is -0.397 e. The standard InChI is InChI=1S/C22H30N4O/c1-16-5-4-10-25(14-16)15-21(27)26-11-8-17(9-12-26)22-19(23)13-18-6-2-3-7-20(18)24-22/h2-3,6-7,13,16-17H,4-5,8-12,14-15,23H2,1H3. The quantitative estimate of drug-likeness (QED) is 0.906. The largest absolute Gasteiger partial charge is 0.397 e. The Morgan fingerprint density at radius 2 is 1.96 bits per heavy atom. The number of aromatic nitrogens is 1. The summed E-state index contributed by atoms with van der Waals surface area (Å²) in [4.78, 5) is 21.9. The Balaban J connectivity index is 1.37. The van der Waals surface area contributed by atoms with Gasteiger partial charge in [-0.05, 0) is 50.3 Å². The lowest BCUT2D eigenvalue weighted by atomic mass is 9.91. The average Bonchev–Trinajstić information content (AvgIpc) is 2.67. The summed E-state index contributed by atoms with van der Waals surface area (Å²) in [7, 11) is 0. The van der Waals surface area contributed by atoms with Gasteiger partial charge in [-0.3, -0.25) is 14.7 Å². The molecule has 4 rings (SSSR count). The van der Waals surface area contributed by atoms with Crippen molar-refractivity contribution < 1.29 is 4.79 Å². The number of pyridine rings is 1. The van der Waals surface area contributed by atoms with E-state index in [0.717, 1.165) is 61.3 Å². The summed E-state index contributed by atoms with van der Waals surface area (Å²) in [5.41, 5.74) is 9.08. The number of hydrogen-bond donors (Lipinski definition) is 1. The molecule has 0 radical (unpaired) electrons. The number of rotatable bonds is 3. The molecule has 27 heavy (non-hydrogen) atoms. The summed E-state index contributed by atoms with van der Waals surface area (Å²) < 4.78 is 0. The van der Waals surface area contributed by atoms with Gasteiger partial charge in [-0.2, -0.15) is 0 Å². The number of amides is 1. The summed E-state index contributed by atoms with van der Waals surface area (Å²) in [6.45, 7) is 6.58. The Hall–Kier alpha value is -2.14. The zero-order valence-electron chi connectivity index (χ0n) is 16.2. The first-order valence-corrected chi connectivity index (χ1v) is 10.3. The number of benzene rings is 1. The van der Waals surface area contributed by atoms with Crippen molar-refractivity contribution in [3.8, 4) is 0 Å². The molecule has 2 N–H and O–H groups in total. The molecule has 1 amide bonds. The van der Waals surface area contributed by atoms with E-state index in [-0.39, 0.29) is 5.91 Å². The van der Waals surface area contributed by atoms with Gasteiger partial charge in [0, 0.05) is 30.9 Å². The molecule has 1 atom stereocenters. The second kappa shape index (κ2) is 7.85. The molecule has 1 aromatic heterocycles. The second-order valence-electron chi connectivity index (χ2n) is 8.29. The van der Waals surface area contributed by atoms with Gasteiger partial charge in [-0.15, -0.1) is 0 Å². The van der Waals surface area contributed by atoms with Crippen LogP contribution in [-0.4, -0.2) is 53.4 Å². The molecule has 0 spiro atoms. The highest BCUT2D eigenvalue weighted by Gasteiger charge is 2.27. The molecule has 2 aromatic rings. The normalized spacial score (nSPS) is 22.3. The zero-order chi connectivity index (χ0) is 18.8. The van der Waals surface area contributed by atoms with Crippen LogP contribution >= 0.6 is 0 Å². The molecule has 3 heterocycles. The number of anilines is 1. The van der Waals surface area contributed by atoms with Crippen LogP contribution in [0.5, 0.6) is 0 Å². The van der Waals surface area contributed by atoms with Gasteiger partial charge in [0.15, 0.2) is 0 Å². The second-order valence-corrected chi connectivity index (χ2v) is 8.29. The number of nitrogens with two attached hydrogens (primary N) is 1. The molecule has 5 nitrogen and oxygen atoms in total. The van der Waals surface area contributed by atoms with Crippen molar-refractivity contribution >= 4 is 22.5 Å². The van der Waals surface area contributed by atoms with Crippen molar-refractivity contribution in [3.63, 3.8) is 0 Å². The Kier molecular flexibility index (Phi) is 5.30. The third-order valence-corrected chi connectivity index (χ3v) is 6.12. The van der Waals surface area contributed by atoms with E-state index in [0.29, 0.717) is 18.4 Å². The molecule has 2 fully saturated rings. The van der Waals surface area contributed by atoms with Gasteiger partial charge in [0.25, 0.3) is 0 Å². The van der Waals surface area contributed by atoms with Gasteiger partial charge in [-0.25, -0.2) is 0 Å². The highest BCUT2D eigenvalue weighted by atomic mass is 16.2. The van der Waals surface area contributed by atoms with E-state index in [9.17, 15) is 4.79 Å². The molecule has 0 aliphatic carbocycles. The average molecular weight is 367 g/mol. The molecule has 0 bridgehead atoms. The van der Waals surface area contributed by atoms with Crippen molar-refractivity contribution in [1.82, 2.24) is 14.8 Å². The van der Waals surface area contributed by atoms with E-state index >= 15 is 0 Å². The minimum absolute atomic E-state index is 0.280. The van der Waals surface area contributed by atoms with Crippen molar-refractivity contribution in [2.75, 3.05) is 38.5 Å². The predicted octanol–water partition coefficient (Wildman–Crippen LogP) is 3.25. The number of carbonyl (C=O) groups is 1. The van der Waals surface area contributed by atoms with Crippen LogP contribution < -0.4 is 5.73 Å². The Morgan fingerprint density at radius 1 is 1.19 bits per heavy atom. The van der Waals surface area contributed by atoms with Gasteiger partial charge in [0.05, 0.1) is 23.4 Å². The third-order valence-electron chi connectivity index (χ3n) is 6.12. The number of likely N-dealkylation sites (tertiary alicyclic amines) is 2. The van der Waals surface area contributed by atoms with Gasteiger partial charge in [-0.1, -0.05) is 25.1 Å². The molecule has 0 saturated carbocycles. The SMILES string of the molecule is CC1CCCN(CC(=O)N2CCC(c3nc4ccccc4cc3N)CC2)C1. The number of fused-ring (bicyclic) bond motifs is 1. The predicted molar refractivity (Wildman–Crippen MR) is 110 cm³/mol. The molecule has 1 unspecified atom stereocenters. The van der Waals surface area contributed by atoms with Crippen molar-refractivity contribution in [1.29, 1.82) is 0 Å². The number of hydrogen-bond acceptors (Lipinski definition) is 4. The summed E-state index contributed by atoms with van der Waals surface area (Å²) in [5.74, 6) is 1.33. The van der Waals surface area contributed by atoms with E-state index in [4.69, 9.17) is 10.7 Å².